The molecule has 2 aromatic heterocycles. The Labute approximate surface area is 169 Å². The summed E-state index contributed by atoms with van der Waals surface area (Å²) in [4.78, 5) is 17.3. The molecule has 29 heavy (non-hydrogen) atoms. The molecule has 8 heteroatoms. The highest BCUT2D eigenvalue weighted by Gasteiger charge is 2.21. The Morgan fingerprint density at radius 3 is 2.86 bits per heavy atom. The van der Waals surface area contributed by atoms with Gasteiger partial charge in [0.2, 0.25) is 0 Å². The van der Waals surface area contributed by atoms with Crippen molar-refractivity contribution in [3.63, 3.8) is 0 Å². The summed E-state index contributed by atoms with van der Waals surface area (Å²) in [6.45, 7) is 3.52. The lowest BCUT2D eigenvalue weighted by atomic mass is 10.1. The number of fused-ring (bicyclic) bond motifs is 4. The number of ether oxygens (including phenoxy) is 2. The number of nitrogens with one attached hydrogen (secondary N) is 2. The molecule has 1 aliphatic heterocycles. The van der Waals surface area contributed by atoms with Gasteiger partial charge in [0.1, 0.15) is 5.82 Å². The Kier molecular flexibility index (Phi) is 5.73. The van der Waals surface area contributed by atoms with Crippen molar-refractivity contribution in [2.75, 3.05) is 25.6 Å². The van der Waals surface area contributed by atoms with E-state index in [0.29, 0.717) is 25.5 Å². The van der Waals surface area contributed by atoms with Gasteiger partial charge >= 0.3 is 6.03 Å². The molecule has 2 N–H and O–H groups in total. The largest absolute Gasteiger partial charge is 0.379 e. The van der Waals surface area contributed by atoms with Crippen LogP contribution in [-0.4, -0.2) is 47.2 Å². The minimum absolute atomic E-state index is 0.160. The number of hydrogen-bond donors (Lipinski definition) is 2. The van der Waals surface area contributed by atoms with Gasteiger partial charge in [-0.05, 0) is 18.6 Å². The summed E-state index contributed by atoms with van der Waals surface area (Å²) in [5.74, 6) is 0.490. The predicted molar refractivity (Wildman–Crippen MR) is 110 cm³/mol. The molecule has 0 saturated heterocycles. The summed E-state index contributed by atoms with van der Waals surface area (Å²) in [5, 5.41) is 11.2. The lowest BCUT2D eigenvalue weighted by Crippen LogP contribution is -2.36. The van der Waals surface area contributed by atoms with Gasteiger partial charge in [0.05, 0.1) is 42.8 Å². The molecule has 3 aromatic rings. The number of urea groups is 1. The number of benzene rings is 1. The van der Waals surface area contributed by atoms with Crippen LogP contribution >= 0.6 is 0 Å². The standard InChI is InChI=1S/C21H25N5O3/c1-3-26-20-15(11-22-26)9-19-23-17(20)10-16(28-2)12-29-13-18(24-21(27)25-19)14-7-5-4-6-8-14/h4-9,11,16,18H,3,10,12-13H2,1-2H3,(H2,23,24,25,27)/t16-,18+/m1/s1. The number of aryl methyl sites for hydroxylation is 1. The predicted octanol–water partition coefficient (Wildman–Crippen LogP) is 2.90. The number of anilines is 1. The van der Waals surface area contributed by atoms with E-state index in [-0.39, 0.29) is 18.2 Å². The topological polar surface area (TPSA) is 90.3 Å². The van der Waals surface area contributed by atoms with Crippen molar-refractivity contribution >= 4 is 22.8 Å². The van der Waals surface area contributed by atoms with Crippen LogP contribution < -0.4 is 10.6 Å². The van der Waals surface area contributed by atoms with Gasteiger partial charge in [0.25, 0.3) is 0 Å². The van der Waals surface area contributed by atoms with Crippen molar-refractivity contribution in [1.29, 1.82) is 0 Å². The number of amides is 2. The minimum Gasteiger partial charge on any atom is -0.379 e. The number of methoxy groups -OCH3 is 1. The average molecular weight is 395 g/mol. The van der Waals surface area contributed by atoms with Crippen molar-refractivity contribution in [2.24, 2.45) is 0 Å². The van der Waals surface area contributed by atoms with E-state index in [0.717, 1.165) is 28.7 Å². The molecule has 0 radical (unpaired) electrons. The van der Waals surface area contributed by atoms with Crippen molar-refractivity contribution in [2.45, 2.75) is 32.0 Å². The van der Waals surface area contributed by atoms with Gasteiger partial charge in [-0.15, -0.1) is 0 Å². The summed E-state index contributed by atoms with van der Waals surface area (Å²) < 4.78 is 13.5. The normalized spacial score (nSPS) is 20.4. The second kappa shape index (κ2) is 8.59. The zero-order valence-electron chi connectivity index (χ0n) is 16.6. The Hall–Kier alpha value is -2.97. The first kappa shape index (κ1) is 19.4. The second-order valence-corrected chi connectivity index (χ2v) is 7.01. The number of nitrogens with zero attached hydrogens (tertiary/aromatic N) is 3. The van der Waals surface area contributed by atoms with Gasteiger partial charge in [-0.25, -0.2) is 9.78 Å². The zero-order chi connectivity index (χ0) is 20.2. The van der Waals surface area contributed by atoms with Crippen LogP contribution in [-0.2, 0) is 22.4 Å². The fraction of sp³-hybridized carbons (Fsp3) is 0.381. The molecule has 8 nitrogen and oxygen atoms in total. The molecule has 0 aliphatic carbocycles. The molecule has 0 unspecified atom stereocenters. The first-order valence-electron chi connectivity index (χ1n) is 9.76. The number of carbonyl (C=O) groups excluding carboxylic acids is 1. The highest BCUT2D eigenvalue weighted by atomic mass is 16.5. The highest BCUT2D eigenvalue weighted by Crippen LogP contribution is 2.24. The van der Waals surface area contributed by atoms with Crippen LogP contribution in [0, 0.1) is 0 Å². The minimum atomic E-state index is -0.327. The van der Waals surface area contributed by atoms with Crippen LogP contribution in [0.4, 0.5) is 10.6 Å². The Morgan fingerprint density at radius 2 is 2.10 bits per heavy atom. The summed E-state index contributed by atoms with van der Waals surface area (Å²) in [5.41, 5.74) is 2.76. The average Bonchev–Trinajstić information content (AvgIpc) is 3.15. The number of rotatable bonds is 3. The Morgan fingerprint density at radius 1 is 1.28 bits per heavy atom. The summed E-state index contributed by atoms with van der Waals surface area (Å²) in [6.07, 6.45) is 2.20. The van der Waals surface area contributed by atoms with Crippen LogP contribution in [0.25, 0.3) is 10.9 Å². The van der Waals surface area contributed by atoms with E-state index in [1.807, 2.05) is 48.0 Å². The van der Waals surface area contributed by atoms with E-state index >= 15 is 0 Å². The summed E-state index contributed by atoms with van der Waals surface area (Å²) in [7, 11) is 1.67. The molecule has 152 valence electrons. The lowest BCUT2D eigenvalue weighted by molar-refractivity contribution is 0.00272. The highest BCUT2D eigenvalue weighted by molar-refractivity contribution is 5.92. The fourth-order valence-corrected chi connectivity index (χ4v) is 3.61. The van der Waals surface area contributed by atoms with Crippen molar-refractivity contribution < 1.29 is 14.3 Å². The first-order valence-corrected chi connectivity index (χ1v) is 9.76. The Bertz CT molecular complexity index is 989. The fourth-order valence-electron chi connectivity index (χ4n) is 3.61. The van der Waals surface area contributed by atoms with Gasteiger partial charge in [0.15, 0.2) is 0 Å². The third kappa shape index (κ3) is 4.23. The number of hydrogen-bond acceptors (Lipinski definition) is 5. The maximum atomic E-state index is 12.6. The molecule has 0 saturated carbocycles. The molecule has 1 aliphatic rings. The zero-order valence-corrected chi connectivity index (χ0v) is 16.6. The molecular formula is C21H25N5O3. The van der Waals surface area contributed by atoms with Gasteiger partial charge in [-0.2, -0.15) is 5.10 Å². The number of pyridine rings is 1. The summed E-state index contributed by atoms with van der Waals surface area (Å²) >= 11 is 0. The van der Waals surface area contributed by atoms with Crippen LogP contribution in [0.15, 0.2) is 42.6 Å². The van der Waals surface area contributed by atoms with Crippen molar-refractivity contribution in [1.82, 2.24) is 20.1 Å². The third-order valence-corrected chi connectivity index (χ3v) is 5.08. The third-order valence-electron chi connectivity index (χ3n) is 5.08. The van der Waals surface area contributed by atoms with Crippen LogP contribution in [0.2, 0.25) is 0 Å². The number of aromatic nitrogens is 3. The van der Waals surface area contributed by atoms with Gasteiger partial charge in [-0.1, -0.05) is 30.3 Å². The smallest absolute Gasteiger partial charge is 0.320 e. The monoisotopic (exact) mass is 395 g/mol. The lowest BCUT2D eigenvalue weighted by Gasteiger charge is -2.23. The maximum absolute atomic E-state index is 12.6. The SMILES string of the molecule is CCn1ncc2cc3nc(c21)C[C@@H](OC)COC[C@@H](c1ccccc1)NC(=O)N3. The van der Waals surface area contributed by atoms with Gasteiger partial charge in [0, 0.05) is 25.5 Å². The molecular weight excluding hydrogens is 370 g/mol. The summed E-state index contributed by atoms with van der Waals surface area (Å²) in [6, 6.07) is 11.0. The van der Waals surface area contributed by atoms with E-state index < -0.39 is 0 Å². The van der Waals surface area contributed by atoms with E-state index in [1.165, 1.54) is 0 Å². The Balaban J connectivity index is 1.70. The van der Waals surface area contributed by atoms with Crippen LogP contribution in [0.5, 0.6) is 0 Å². The maximum Gasteiger partial charge on any atom is 0.320 e. The van der Waals surface area contributed by atoms with Crippen molar-refractivity contribution in [3.05, 3.63) is 53.9 Å². The second-order valence-electron chi connectivity index (χ2n) is 7.01. The van der Waals surface area contributed by atoms with Crippen LogP contribution in [0.1, 0.15) is 24.2 Å². The molecule has 2 bridgehead atoms. The van der Waals surface area contributed by atoms with E-state index in [9.17, 15) is 4.79 Å². The van der Waals surface area contributed by atoms with Crippen molar-refractivity contribution in [3.8, 4) is 0 Å². The molecule has 2 atom stereocenters. The molecule has 1 aromatic carbocycles. The molecule has 3 heterocycles. The van der Waals surface area contributed by atoms with Crippen LogP contribution in [0.3, 0.4) is 0 Å². The molecule has 2 amide bonds. The van der Waals surface area contributed by atoms with Gasteiger partial charge in [-0.3, -0.25) is 10.00 Å². The molecule has 0 spiro atoms. The van der Waals surface area contributed by atoms with E-state index in [4.69, 9.17) is 14.5 Å². The molecule has 4 rings (SSSR count). The van der Waals surface area contributed by atoms with Gasteiger partial charge < -0.3 is 14.8 Å². The van der Waals surface area contributed by atoms with E-state index in [2.05, 4.69) is 15.7 Å². The molecule has 0 fully saturated rings. The quantitative estimate of drug-likeness (QED) is 0.712. The first-order chi connectivity index (χ1) is 14.2. The number of carbonyl (C=O) groups is 1. The van der Waals surface area contributed by atoms with E-state index in [1.54, 1.807) is 13.3 Å².